The van der Waals surface area contributed by atoms with E-state index in [1.165, 1.54) is 0 Å². The van der Waals surface area contributed by atoms with Crippen molar-refractivity contribution in [1.82, 2.24) is 0 Å². The molecule has 0 aliphatic carbocycles. The lowest BCUT2D eigenvalue weighted by Crippen LogP contribution is -2.43. The molecule has 0 saturated heterocycles. The number of fused-ring (bicyclic) bond motifs is 1. The lowest BCUT2D eigenvalue weighted by Gasteiger charge is -2.30. The first-order valence-electron chi connectivity index (χ1n) is 6.55. The second-order valence-electron chi connectivity index (χ2n) is 4.76. The molecule has 3 N–H and O–H groups in total. The first-order chi connectivity index (χ1) is 9.15. The molecule has 1 aromatic carbocycles. The van der Waals surface area contributed by atoms with Crippen LogP contribution in [-0.2, 0) is 9.59 Å². The van der Waals surface area contributed by atoms with Gasteiger partial charge in [-0.25, -0.2) is 0 Å². The van der Waals surface area contributed by atoms with Crippen LogP contribution in [0.5, 0.6) is 0 Å². The second-order valence-corrected chi connectivity index (χ2v) is 4.76. The minimum atomic E-state index is -0.159. The van der Waals surface area contributed by atoms with Crippen molar-refractivity contribution in [3.05, 3.63) is 24.3 Å². The van der Waals surface area contributed by atoms with Crippen LogP contribution < -0.4 is 16.0 Å². The van der Waals surface area contributed by atoms with Crippen LogP contribution in [0.15, 0.2) is 24.3 Å². The molecule has 1 aromatic rings. The minimum absolute atomic E-state index is 0.0420. The Bertz CT molecular complexity index is 483. The Kier molecular flexibility index (Phi) is 4.16. The average Bonchev–Trinajstić information content (AvgIpc) is 2.43. The van der Waals surface area contributed by atoms with Crippen LogP contribution in [0.25, 0.3) is 0 Å². The smallest absolute Gasteiger partial charge is 0.244 e. The summed E-state index contributed by atoms with van der Waals surface area (Å²) in [6.07, 6.45) is 1.25. The Labute approximate surface area is 112 Å². The average molecular weight is 261 g/mol. The van der Waals surface area contributed by atoms with E-state index >= 15 is 0 Å². The maximum Gasteiger partial charge on any atom is 0.244 e. The van der Waals surface area contributed by atoms with Gasteiger partial charge in [0.2, 0.25) is 11.8 Å². The molecule has 0 spiro atoms. The Morgan fingerprint density at radius 1 is 1.47 bits per heavy atom. The molecule has 1 heterocycles. The number of para-hydroxylation sites is 2. The van der Waals surface area contributed by atoms with Crippen LogP contribution in [0.3, 0.4) is 0 Å². The highest BCUT2D eigenvalue weighted by atomic mass is 16.2. The van der Waals surface area contributed by atoms with Gasteiger partial charge in [-0.05, 0) is 24.6 Å². The molecule has 0 fully saturated rings. The predicted molar refractivity (Wildman–Crippen MR) is 74.9 cm³/mol. The van der Waals surface area contributed by atoms with Crippen LogP contribution >= 0.6 is 0 Å². The van der Waals surface area contributed by atoms with Crippen molar-refractivity contribution in [3.8, 4) is 0 Å². The van der Waals surface area contributed by atoms with Gasteiger partial charge < -0.3 is 16.0 Å². The molecule has 5 heteroatoms. The molecule has 1 unspecified atom stereocenters. The van der Waals surface area contributed by atoms with Gasteiger partial charge >= 0.3 is 0 Å². The zero-order valence-electron chi connectivity index (χ0n) is 11.1. The molecule has 5 nitrogen and oxygen atoms in total. The van der Waals surface area contributed by atoms with Gasteiger partial charge in [-0.15, -0.1) is 0 Å². The normalized spacial score (nSPS) is 15.7. The number of rotatable bonds is 4. The summed E-state index contributed by atoms with van der Waals surface area (Å²) >= 11 is 0. The van der Waals surface area contributed by atoms with E-state index in [1.54, 1.807) is 11.0 Å². The monoisotopic (exact) mass is 261 g/mol. The van der Waals surface area contributed by atoms with E-state index in [0.717, 1.165) is 12.1 Å². The molecule has 1 atom stereocenters. The Morgan fingerprint density at radius 2 is 2.21 bits per heavy atom. The van der Waals surface area contributed by atoms with E-state index in [4.69, 9.17) is 5.73 Å². The summed E-state index contributed by atoms with van der Waals surface area (Å²) < 4.78 is 0. The van der Waals surface area contributed by atoms with Crippen molar-refractivity contribution in [2.24, 2.45) is 11.7 Å². The van der Waals surface area contributed by atoms with Crippen LogP contribution in [0.1, 0.15) is 19.8 Å². The zero-order chi connectivity index (χ0) is 13.8. The first kappa shape index (κ1) is 13.5. The quantitative estimate of drug-likeness (QED) is 0.859. The van der Waals surface area contributed by atoms with E-state index in [2.05, 4.69) is 5.32 Å². The summed E-state index contributed by atoms with van der Waals surface area (Å²) in [5.74, 6) is -0.0305. The lowest BCUT2D eigenvalue weighted by molar-refractivity contribution is -0.122. The van der Waals surface area contributed by atoms with Crippen LogP contribution in [0.4, 0.5) is 11.4 Å². The molecule has 1 aliphatic rings. The van der Waals surface area contributed by atoms with Gasteiger partial charge in [-0.2, -0.15) is 0 Å². The number of anilines is 2. The number of nitrogens with two attached hydrogens (primary N) is 1. The summed E-state index contributed by atoms with van der Waals surface area (Å²) in [5.41, 5.74) is 7.08. The second kappa shape index (κ2) is 5.84. The van der Waals surface area contributed by atoms with E-state index in [9.17, 15) is 9.59 Å². The molecular weight excluding hydrogens is 242 g/mol. The summed E-state index contributed by atoms with van der Waals surface area (Å²) in [6, 6.07) is 7.33. The van der Waals surface area contributed by atoms with Gasteiger partial charge in [0.15, 0.2) is 0 Å². The molecule has 2 rings (SSSR count). The molecular formula is C14H19N3O2. The molecule has 0 radical (unpaired) electrons. The van der Waals surface area contributed by atoms with Crippen LogP contribution in [0.2, 0.25) is 0 Å². The summed E-state index contributed by atoms with van der Waals surface area (Å²) in [5, 5.41) is 2.77. The molecule has 19 heavy (non-hydrogen) atoms. The molecule has 102 valence electrons. The van der Waals surface area contributed by atoms with Gasteiger partial charge in [0.1, 0.15) is 6.54 Å². The Morgan fingerprint density at radius 3 is 2.89 bits per heavy atom. The largest absolute Gasteiger partial charge is 0.330 e. The third-order valence-corrected chi connectivity index (χ3v) is 3.45. The summed E-state index contributed by atoms with van der Waals surface area (Å²) in [7, 11) is 0. The number of benzene rings is 1. The highest BCUT2D eigenvalue weighted by Crippen LogP contribution is 2.29. The summed E-state index contributed by atoms with van der Waals surface area (Å²) in [4.78, 5) is 25.5. The van der Waals surface area contributed by atoms with Gasteiger partial charge in [-0.1, -0.05) is 25.5 Å². The summed E-state index contributed by atoms with van der Waals surface area (Å²) in [6.45, 7) is 2.59. The zero-order valence-corrected chi connectivity index (χ0v) is 11.1. The van der Waals surface area contributed by atoms with E-state index in [1.807, 2.05) is 25.1 Å². The topological polar surface area (TPSA) is 75.4 Å². The third kappa shape index (κ3) is 2.93. The van der Waals surface area contributed by atoms with Crippen molar-refractivity contribution in [3.63, 3.8) is 0 Å². The number of amides is 2. The molecule has 2 amide bonds. The predicted octanol–water partition coefficient (Wildman–Crippen LogP) is 1.35. The number of hydrogen-bond acceptors (Lipinski definition) is 3. The fourth-order valence-corrected chi connectivity index (χ4v) is 2.21. The van der Waals surface area contributed by atoms with Crippen molar-refractivity contribution in [1.29, 1.82) is 0 Å². The van der Waals surface area contributed by atoms with Gasteiger partial charge in [0.25, 0.3) is 0 Å². The van der Waals surface area contributed by atoms with Gasteiger partial charge in [0, 0.05) is 6.42 Å². The molecule has 1 aliphatic heterocycles. The number of carbonyl (C=O) groups is 2. The lowest BCUT2D eigenvalue weighted by atomic mass is 10.0. The van der Waals surface area contributed by atoms with Crippen LogP contribution in [0, 0.1) is 5.92 Å². The molecule has 0 saturated carbocycles. The highest BCUT2D eigenvalue weighted by Gasteiger charge is 2.27. The highest BCUT2D eigenvalue weighted by molar-refractivity contribution is 6.09. The van der Waals surface area contributed by atoms with E-state index in [-0.39, 0.29) is 24.3 Å². The minimum Gasteiger partial charge on any atom is -0.330 e. The van der Waals surface area contributed by atoms with Gasteiger partial charge in [0.05, 0.1) is 11.4 Å². The Balaban J connectivity index is 2.20. The maximum absolute atomic E-state index is 12.3. The third-order valence-electron chi connectivity index (χ3n) is 3.45. The van der Waals surface area contributed by atoms with Crippen molar-refractivity contribution < 1.29 is 9.59 Å². The fourth-order valence-electron chi connectivity index (χ4n) is 2.21. The number of nitrogens with zero attached hydrogens (tertiary/aromatic N) is 1. The van der Waals surface area contributed by atoms with Crippen LogP contribution in [-0.4, -0.2) is 24.9 Å². The number of nitrogens with one attached hydrogen (secondary N) is 1. The standard InChI is InChI=1S/C14H19N3O2/c1-2-10(8-15)7-14(19)17-9-13(18)16-11-5-3-4-6-12(11)17/h3-6,10H,2,7-9,15H2,1H3,(H,16,18). The van der Waals surface area contributed by atoms with Crippen molar-refractivity contribution >= 4 is 23.2 Å². The SMILES string of the molecule is CCC(CN)CC(=O)N1CC(=O)Nc2ccccc21. The first-order valence-corrected chi connectivity index (χ1v) is 6.55. The van der Waals surface area contributed by atoms with Crippen molar-refractivity contribution in [2.45, 2.75) is 19.8 Å². The van der Waals surface area contributed by atoms with Crippen molar-refractivity contribution in [2.75, 3.05) is 23.3 Å². The van der Waals surface area contributed by atoms with Gasteiger partial charge in [-0.3, -0.25) is 9.59 Å². The van der Waals surface area contributed by atoms with E-state index < -0.39 is 0 Å². The fraction of sp³-hybridized carbons (Fsp3) is 0.429. The Hall–Kier alpha value is -1.88. The number of carbonyl (C=O) groups excluding carboxylic acids is 2. The number of hydrogen-bond donors (Lipinski definition) is 2. The molecule has 0 aromatic heterocycles. The maximum atomic E-state index is 12.3. The van der Waals surface area contributed by atoms with E-state index in [0.29, 0.717) is 18.7 Å². The molecule has 0 bridgehead atoms.